The van der Waals surface area contributed by atoms with Crippen LogP contribution in [0.5, 0.6) is 5.75 Å². The van der Waals surface area contributed by atoms with Crippen molar-refractivity contribution in [3.8, 4) is 22.7 Å². The van der Waals surface area contributed by atoms with E-state index in [9.17, 15) is 17.6 Å². The summed E-state index contributed by atoms with van der Waals surface area (Å²) in [6, 6.07) is 21.0. The largest absolute Gasteiger partial charge is 0.488 e. The van der Waals surface area contributed by atoms with Crippen LogP contribution in [0.3, 0.4) is 0 Å². The van der Waals surface area contributed by atoms with Crippen molar-refractivity contribution < 1.29 is 27.1 Å². The first-order chi connectivity index (χ1) is 18.7. The van der Waals surface area contributed by atoms with Crippen LogP contribution in [0.1, 0.15) is 33.6 Å². The molecule has 5 rings (SSSR count). The molecule has 0 unspecified atom stereocenters. The molecule has 4 aromatic rings. The van der Waals surface area contributed by atoms with Gasteiger partial charge in [0, 0.05) is 23.5 Å². The van der Waals surface area contributed by atoms with Crippen LogP contribution < -0.4 is 9.04 Å². The third-order valence-electron chi connectivity index (χ3n) is 6.76. The van der Waals surface area contributed by atoms with Gasteiger partial charge in [-0.15, -0.1) is 0 Å². The zero-order valence-electron chi connectivity index (χ0n) is 22.0. The molecule has 0 N–H and O–H groups in total. The monoisotopic (exact) mass is 548 g/mol. The maximum atomic E-state index is 13.3. The van der Waals surface area contributed by atoms with Gasteiger partial charge in [0.25, 0.3) is 0 Å². The van der Waals surface area contributed by atoms with Gasteiger partial charge in [-0.1, -0.05) is 23.8 Å². The molecule has 7 nitrogen and oxygen atoms in total. The number of hydrogen-bond acceptors (Lipinski definition) is 5. The number of methoxy groups -OCH3 is 1. The number of esters is 1. The van der Waals surface area contributed by atoms with Crippen molar-refractivity contribution in [3.05, 3.63) is 101 Å². The Morgan fingerprint density at radius 2 is 1.69 bits per heavy atom. The maximum Gasteiger partial charge on any atom is 0.337 e. The van der Waals surface area contributed by atoms with E-state index in [1.807, 2.05) is 48.7 Å². The van der Waals surface area contributed by atoms with Crippen molar-refractivity contribution in [2.75, 3.05) is 23.7 Å². The average molecular weight is 549 g/mol. The second-order valence-electron chi connectivity index (χ2n) is 9.58. The molecule has 202 valence electrons. The highest BCUT2D eigenvalue weighted by Gasteiger charge is 2.30. The molecule has 0 radical (unpaired) electrons. The Morgan fingerprint density at radius 3 is 2.38 bits per heavy atom. The van der Waals surface area contributed by atoms with Crippen molar-refractivity contribution in [1.82, 2.24) is 4.57 Å². The van der Waals surface area contributed by atoms with Gasteiger partial charge in [-0.3, -0.25) is 4.31 Å². The summed E-state index contributed by atoms with van der Waals surface area (Å²) in [5, 5.41) is 0. The van der Waals surface area contributed by atoms with E-state index in [1.54, 1.807) is 30.3 Å². The molecule has 2 heterocycles. The number of anilines is 1. The fraction of sp³-hybridized carbons (Fsp3) is 0.233. The molecule has 0 spiro atoms. The number of aromatic nitrogens is 1. The number of benzene rings is 3. The van der Waals surface area contributed by atoms with Gasteiger partial charge < -0.3 is 14.0 Å². The molecule has 39 heavy (non-hydrogen) atoms. The number of hydrogen-bond donors (Lipinski definition) is 0. The van der Waals surface area contributed by atoms with Gasteiger partial charge in [-0.25, -0.2) is 17.6 Å². The topological polar surface area (TPSA) is 77.8 Å². The van der Waals surface area contributed by atoms with Crippen LogP contribution in [0.25, 0.3) is 16.9 Å². The van der Waals surface area contributed by atoms with Crippen LogP contribution in [0.2, 0.25) is 0 Å². The highest BCUT2D eigenvalue weighted by molar-refractivity contribution is 7.93. The average Bonchev–Trinajstić information content (AvgIpc) is 3.49. The second kappa shape index (κ2) is 10.6. The summed E-state index contributed by atoms with van der Waals surface area (Å²) in [5.41, 5.74) is 5.66. The molecule has 1 fully saturated rings. The van der Waals surface area contributed by atoms with E-state index in [4.69, 9.17) is 9.47 Å². The van der Waals surface area contributed by atoms with Crippen molar-refractivity contribution in [3.63, 3.8) is 0 Å². The van der Waals surface area contributed by atoms with E-state index in [1.165, 1.54) is 23.5 Å². The lowest BCUT2D eigenvalue weighted by Gasteiger charge is -2.21. The first kappa shape index (κ1) is 26.5. The molecule has 1 aliphatic heterocycles. The number of carbonyl (C=O) groups is 1. The van der Waals surface area contributed by atoms with Crippen LogP contribution in [-0.4, -0.2) is 38.4 Å². The summed E-state index contributed by atoms with van der Waals surface area (Å²) >= 11 is 0. The van der Waals surface area contributed by atoms with Crippen LogP contribution in [0, 0.1) is 19.7 Å². The fourth-order valence-electron chi connectivity index (χ4n) is 4.84. The van der Waals surface area contributed by atoms with Crippen molar-refractivity contribution in [2.45, 2.75) is 26.9 Å². The summed E-state index contributed by atoms with van der Waals surface area (Å²) in [6.07, 6.45) is 0.520. The van der Waals surface area contributed by atoms with Gasteiger partial charge in [0.2, 0.25) is 10.0 Å². The maximum absolute atomic E-state index is 13.3. The number of nitrogens with zero attached hydrogens (tertiary/aromatic N) is 2. The van der Waals surface area contributed by atoms with Crippen LogP contribution >= 0.6 is 0 Å². The zero-order chi connectivity index (χ0) is 27.7. The van der Waals surface area contributed by atoms with Gasteiger partial charge in [0.1, 0.15) is 18.2 Å². The first-order valence-corrected chi connectivity index (χ1v) is 14.2. The molecule has 1 saturated heterocycles. The summed E-state index contributed by atoms with van der Waals surface area (Å²) in [4.78, 5) is 12.6. The number of carbonyl (C=O) groups excluding carboxylic acids is 1. The molecule has 9 heteroatoms. The Labute approximate surface area is 227 Å². The van der Waals surface area contributed by atoms with E-state index in [0.29, 0.717) is 30.1 Å². The number of halogens is 1. The minimum Gasteiger partial charge on any atom is -0.488 e. The molecular weight excluding hydrogens is 519 g/mol. The van der Waals surface area contributed by atoms with Crippen LogP contribution in [0.15, 0.2) is 72.8 Å². The normalized spacial score (nSPS) is 14.4. The number of sulfonamides is 1. The number of ether oxygens (including phenoxy) is 2. The predicted octanol–water partition coefficient (Wildman–Crippen LogP) is 5.81. The third kappa shape index (κ3) is 5.40. The van der Waals surface area contributed by atoms with Gasteiger partial charge in [0.15, 0.2) is 0 Å². The lowest BCUT2D eigenvalue weighted by molar-refractivity contribution is 0.0600. The Hall–Kier alpha value is -4.11. The van der Waals surface area contributed by atoms with Gasteiger partial charge in [-0.05, 0) is 80.4 Å². The molecule has 0 bridgehead atoms. The van der Waals surface area contributed by atoms with Crippen LogP contribution in [0.4, 0.5) is 10.1 Å². The highest BCUT2D eigenvalue weighted by atomic mass is 32.2. The molecule has 0 saturated carbocycles. The van der Waals surface area contributed by atoms with Gasteiger partial charge in [0.05, 0.1) is 29.8 Å². The Morgan fingerprint density at radius 1 is 0.949 bits per heavy atom. The van der Waals surface area contributed by atoms with E-state index >= 15 is 0 Å². The minimum atomic E-state index is -3.47. The van der Waals surface area contributed by atoms with Crippen molar-refractivity contribution in [2.24, 2.45) is 0 Å². The Balaban J connectivity index is 1.61. The lowest BCUT2D eigenvalue weighted by Crippen LogP contribution is -2.25. The highest BCUT2D eigenvalue weighted by Crippen LogP contribution is 2.36. The smallest absolute Gasteiger partial charge is 0.337 e. The third-order valence-corrected chi connectivity index (χ3v) is 8.63. The first-order valence-electron chi connectivity index (χ1n) is 12.6. The molecule has 0 atom stereocenters. The molecular formula is C30H29FN2O5S. The minimum absolute atomic E-state index is 0.0661. The van der Waals surface area contributed by atoms with Crippen molar-refractivity contribution in [1.29, 1.82) is 0 Å². The van der Waals surface area contributed by atoms with E-state index in [-0.39, 0.29) is 23.7 Å². The lowest BCUT2D eigenvalue weighted by atomic mass is 10.1. The summed E-state index contributed by atoms with van der Waals surface area (Å²) in [6.45, 7) is 4.53. The van der Waals surface area contributed by atoms with Gasteiger partial charge >= 0.3 is 5.97 Å². The van der Waals surface area contributed by atoms with E-state index in [0.717, 1.165) is 28.1 Å². The zero-order valence-corrected chi connectivity index (χ0v) is 22.8. The molecule has 1 aliphatic rings. The van der Waals surface area contributed by atoms with Gasteiger partial charge in [-0.2, -0.15) is 0 Å². The van der Waals surface area contributed by atoms with E-state index < -0.39 is 16.0 Å². The molecule has 0 aliphatic carbocycles. The molecule has 0 amide bonds. The van der Waals surface area contributed by atoms with E-state index in [2.05, 4.69) is 0 Å². The number of aryl methyl sites for hydroxylation is 2. The predicted molar refractivity (Wildman–Crippen MR) is 149 cm³/mol. The standard InChI is InChI=1S/C30H29FN2O5S/c1-20-5-12-29(38-19-22-7-9-24(31)10-8-22)27(15-20)28-11-6-21(2)33(28)26-17-23(30(34)37-3)16-25(18-26)32-13-4-14-39(32,35)36/h5-12,15-18H,4,13-14,19H2,1-3H3. The summed E-state index contributed by atoms with van der Waals surface area (Å²) in [7, 11) is -2.17. The fourth-order valence-corrected chi connectivity index (χ4v) is 6.38. The number of rotatable bonds is 7. The Bertz CT molecular complexity index is 1640. The van der Waals surface area contributed by atoms with Crippen molar-refractivity contribution >= 4 is 21.7 Å². The Kier molecular flexibility index (Phi) is 7.18. The van der Waals surface area contributed by atoms with Crippen LogP contribution in [-0.2, 0) is 21.4 Å². The second-order valence-corrected chi connectivity index (χ2v) is 11.6. The SMILES string of the molecule is COC(=O)c1cc(N2CCCS2(=O)=O)cc(-n2c(C)ccc2-c2cc(C)ccc2OCc2ccc(F)cc2)c1. The quantitative estimate of drug-likeness (QED) is 0.273. The molecule has 1 aromatic heterocycles. The summed E-state index contributed by atoms with van der Waals surface area (Å²) < 4.78 is 53.3. The molecule has 3 aromatic carbocycles. The summed E-state index contributed by atoms with van der Waals surface area (Å²) in [5.74, 6) is -0.162.